The lowest BCUT2D eigenvalue weighted by atomic mass is 9.44. The first kappa shape index (κ1) is 23.6. The summed E-state index contributed by atoms with van der Waals surface area (Å²) in [5.74, 6) is 5.23. The zero-order valence-electron chi connectivity index (χ0n) is 21.4. The molecule has 3 fully saturated rings. The van der Waals surface area contributed by atoms with Crippen molar-refractivity contribution >= 4 is 0 Å². The van der Waals surface area contributed by atoms with Crippen molar-refractivity contribution in [1.29, 1.82) is 0 Å². The lowest BCUT2D eigenvalue weighted by molar-refractivity contribution is -0.116. The van der Waals surface area contributed by atoms with Crippen molar-refractivity contribution in [3.8, 4) is 0 Å². The molecule has 1 nitrogen and oxygen atoms in total. The Hall–Kier alpha value is -0.560. The van der Waals surface area contributed by atoms with Gasteiger partial charge in [-0.2, -0.15) is 0 Å². The number of hydrogen-bond acceptors (Lipinski definition) is 1. The van der Waals surface area contributed by atoms with Crippen LogP contribution in [0, 0.1) is 52.3 Å². The van der Waals surface area contributed by atoms with Gasteiger partial charge >= 0.3 is 0 Å². The third-order valence-corrected chi connectivity index (χ3v) is 11.5. The first-order valence-electron chi connectivity index (χ1n) is 13.7. The molecule has 0 radical (unpaired) electrons. The normalized spacial score (nSPS) is 46.4. The first-order chi connectivity index (χ1) is 14.6. The van der Waals surface area contributed by atoms with Crippen LogP contribution in [-0.4, -0.2) is 11.2 Å². The van der Waals surface area contributed by atoms with Gasteiger partial charge < -0.3 is 5.11 Å². The second-order valence-electron chi connectivity index (χ2n) is 12.8. The number of hydrogen-bond donors (Lipinski definition) is 1. The summed E-state index contributed by atoms with van der Waals surface area (Å²) in [5, 5.41) is 10.5. The Morgan fingerprint density at radius 2 is 1.87 bits per heavy atom. The Kier molecular flexibility index (Phi) is 6.59. The van der Waals surface area contributed by atoms with Crippen LogP contribution in [-0.2, 0) is 0 Å². The van der Waals surface area contributed by atoms with Crippen molar-refractivity contribution in [3.63, 3.8) is 0 Å². The van der Waals surface area contributed by atoms with Gasteiger partial charge in [-0.1, -0.05) is 58.4 Å². The molecule has 31 heavy (non-hydrogen) atoms. The van der Waals surface area contributed by atoms with Gasteiger partial charge in [0.05, 0.1) is 6.10 Å². The molecular weight excluding hydrogens is 376 g/mol. The summed E-state index contributed by atoms with van der Waals surface area (Å²) in [6, 6.07) is 0. The lowest BCUT2D eigenvalue weighted by Gasteiger charge is -2.61. The molecular formula is C30H50O. The van der Waals surface area contributed by atoms with Crippen molar-refractivity contribution in [3.05, 3.63) is 23.8 Å². The molecule has 0 aromatic heterocycles. The van der Waals surface area contributed by atoms with Gasteiger partial charge in [-0.25, -0.2) is 0 Å². The van der Waals surface area contributed by atoms with E-state index in [4.69, 9.17) is 0 Å². The highest BCUT2D eigenvalue weighted by atomic mass is 16.3. The highest BCUT2D eigenvalue weighted by Gasteiger charge is 2.59. The molecule has 0 aromatic carbocycles. The summed E-state index contributed by atoms with van der Waals surface area (Å²) in [4.78, 5) is 0. The van der Waals surface area contributed by atoms with E-state index >= 15 is 0 Å². The maximum Gasteiger partial charge on any atom is 0.0568 e. The minimum absolute atomic E-state index is 0.0643. The molecule has 4 rings (SSSR count). The van der Waals surface area contributed by atoms with Crippen LogP contribution in [0.3, 0.4) is 0 Å². The molecule has 0 unspecified atom stereocenters. The standard InChI is InChI=1S/C30H50O/c1-8-22(19(2)3)10-9-20(4)24-13-14-26-23-11-12-25-21(5)28(31)16-18-30(25,7)27(23)15-17-29(24,26)6/h14,20-25,27-28,31H,2,8-13,15-18H2,1,3-7H3/t20-,21+,22+,23+,24-,25+,27+,28+,29-,30+/m1/s1. The van der Waals surface area contributed by atoms with Crippen molar-refractivity contribution in [2.45, 2.75) is 112 Å². The second-order valence-corrected chi connectivity index (χ2v) is 12.8. The molecule has 176 valence electrons. The SMILES string of the molecule is C=C(C)[C@@H](CC)CC[C@@H](C)[C@H]1CC=C2[C@@H]3CC[C@H]4[C@H](C)[C@@H](O)CC[C@]4(C)[C@H]3CC[C@@]21C. The van der Waals surface area contributed by atoms with Crippen LogP contribution >= 0.6 is 0 Å². The van der Waals surface area contributed by atoms with E-state index in [-0.39, 0.29) is 6.10 Å². The molecule has 0 spiro atoms. The van der Waals surface area contributed by atoms with Gasteiger partial charge in [-0.05, 0) is 123 Å². The summed E-state index contributed by atoms with van der Waals surface area (Å²) in [5.41, 5.74) is 4.13. The third-order valence-electron chi connectivity index (χ3n) is 11.5. The Morgan fingerprint density at radius 1 is 1.13 bits per heavy atom. The van der Waals surface area contributed by atoms with Crippen LogP contribution in [0.5, 0.6) is 0 Å². The van der Waals surface area contributed by atoms with E-state index in [1.807, 2.05) is 5.57 Å². The van der Waals surface area contributed by atoms with E-state index in [9.17, 15) is 5.11 Å². The molecule has 0 saturated heterocycles. The molecule has 1 heteroatoms. The van der Waals surface area contributed by atoms with Crippen molar-refractivity contribution < 1.29 is 5.11 Å². The summed E-state index contributed by atoms with van der Waals surface area (Å²) < 4.78 is 0. The summed E-state index contributed by atoms with van der Waals surface area (Å²) >= 11 is 0. The Balaban J connectivity index is 1.48. The molecule has 4 aliphatic carbocycles. The molecule has 0 bridgehead atoms. The van der Waals surface area contributed by atoms with E-state index in [1.54, 1.807) is 0 Å². The van der Waals surface area contributed by atoms with Crippen molar-refractivity contribution in [2.24, 2.45) is 52.3 Å². The summed E-state index contributed by atoms with van der Waals surface area (Å²) in [7, 11) is 0. The van der Waals surface area contributed by atoms with Gasteiger partial charge in [-0.3, -0.25) is 0 Å². The number of fused-ring (bicyclic) bond motifs is 5. The second kappa shape index (κ2) is 8.66. The van der Waals surface area contributed by atoms with Gasteiger partial charge in [0, 0.05) is 0 Å². The van der Waals surface area contributed by atoms with Crippen LogP contribution in [0.4, 0.5) is 0 Å². The van der Waals surface area contributed by atoms with E-state index < -0.39 is 0 Å². The van der Waals surface area contributed by atoms with E-state index in [2.05, 4.69) is 54.2 Å². The average Bonchev–Trinajstić information content (AvgIpc) is 3.08. The maximum absolute atomic E-state index is 10.5. The predicted molar refractivity (Wildman–Crippen MR) is 133 cm³/mol. The Labute approximate surface area is 193 Å². The largest absolute Gasteiger partial charge is 0.393 e. The van der Waals surface area contributed by atoms with Gasteiger partial charge in [0.2, 0.25) is 0 Å². The third kappa shape index (κ3) is 3.79. The zero-order valence-corrected chi connectivity index (χ0v) is 21.4. The monoisotopic (exact) mass is 426 g/mol. The fourth-order valence-corrected chi connectivity index (χ4v) is 9.40. The maximum atomic E-state index is 10.5. The highest BCUT2D eigenvalue weighted by Crippen LogP contribution is 2.67. The van der Waals surface area contributed by atoms with E-state index in [0.717, 1.165) is 36.0 Å². The molecule has 0 aliphatic heterocycles. The average molecular weight is 427 g/mol. The fourth-order valence-electron chi connectivity index (χ4n) is 9.40. The zero-order chi connectivity index (χ0) is 22.6. The lowest BCUT2D eigenvalue weighted by Crippen LogP contribution is -2.54. The number of aliphatic hydroxyl groups excluding tert-OH is 1. The summed E-state index contributed by atoms with van der Waals surface area (Å²) in [6.45, 7) is 18.9. The molecule has 10 atom stereocenters. The predicted octanol–water partition coefficient (Wildman–Crippen LogP) is 8.19. The number of aliphatic hydroxyl groups is 1. The molecule has 1 N–H and O–H groups in total. The Bertz CT molecular complexity index is 705. The fraction of sp³-hybridized carbons (Fsp3) is 0.867. The van der Waals surface area contributed by atoms with Crippen LogP contribution in [0.25, 0.3) is 0 Å². The topological polar surface area (TPSA) is 20.2 Å². The first-order valence-corrected chi connectivity index (χ1v) is 13.7. The number of allylic oxidation sites excluding steroid dienone is 3. The van der Waals surface area contributed by atoms with Gasteiger partial charge in [0.15, 0.2) is 0 Å². The highest BCUT2D eigenvalue weighted by molar-refractivity contribution is 5.30. The van der Waals surface area contributed by atoms with Crippen molar-refractivity contribution in [1.82, 2.24) is 0 Å². The van der Waals surface area contributed by atoms with E-state index in [1.165, 1.54) is 63.4 Å². The molecule has 4 aliphatic rings. The van der Waals surface area contributed by atoms with Gasteiger partial charge in [0.25, 0.3) is 0 Å². The molecule has 0 heterocycles. The number of rotatable bonds is 6. The molecule has 3 saturated carbocycles. The summed E-state index contributed by atoms with van der Waals surface area (Å²) in [6.07, 6.45) is 15.7. The van der Waals surface area contributed by atoms with Crippen LogP contribution in [0.2, 0.25) is 0 Å². The van der Waals surface area contributed by atoms with Crippen LogP contribution < -0.4 is 0 Å². The van der Waals surface area contributed by atoms with Gasteiger partial charge in [0.1, 0.15) is 0 Å². The van der Waals surface area contributed by atoms with Crippen LogP contribution in [0.15, 0.2) is 23.8 Å². The smallest absolute Gasteiger partial charge is 0.0568 e. The van der Waals surface area contributed by atoms with Crippen LogP contribution in [0.1, 0.15) is 106 Å². The molecule has 0 amide bonds. The van der Waals surface area contributed by atoms with Crippen molar-refractivity contribution in [2.75, 3.05) is 0 Å². The minimum Gasteiger partial charge on any atom is -0.393 e. The quantitative estimate of drug-likeness (QED) is 0.424. The minimum atomic E-state index is -0.0643. The van der Waals surface area contributed by atoms with E-state index in [0.29, 0.717) is 22.7 Å². The Morgan fingerprint density at radius 3 is 2.55 bits per heavy atom. The van der Waals surface area contributed by atoms with Gasteiger partial charge in [-0.15, -0.1) is 0 Å². The molecule has 0 aromatic rings.